The van der Waals surface area contributed by atoms with Gasteiger partial charge in [0.25, 0.3) is 0 Å². The third kappa shape index (κ3) is 1.63. The van der Waals surface area contributed by atoms with E-state index in [9.17, 15) is 0 Å². The van der Waals surface area contributed by atoms with Crippen molar-refractivity contribution < 1.29 is 0 Å². The van der Waals surface area contributed by atoms with Crippen molar-refractivity contribution in [2.75, 3.05) is 0 Å². The van der Waals surface area contributed by atoms with E-state index in [-0.39, 0.29) is 0 Å². The molecule has 3 nitrogen and oxygen atoms in total. The van der Waals surface area contributed by atoms with Gasteiger partial charge >= 0.3 is 0 Å². The maximum absolute atomic E-state index is 4.11. The zero-order valence-corrected chi connectivity index (χ0v) is 11.2. The monoisotopic (exact) mass is 261 g/mol. The minimum atomic E-state index is 0.315. The number of H-pyrrole nitrogens is 2. The van der Waals surface area contributed by atoms with Crippen molar-refractivity contribution in [1.82, 2.24) is 15.0 Å². The number of nitrogens with zero attached hydrogens (tertiary/aromatic N) is 1. The van der Waals surface area contributed by atoms with Crippen LogP contribution in [0.1, 0.15) is 24.1 Å². The van der Waals surface area contributed by atoms with Gasteiger partial charge in [0, 0.05) is 39.6 Å². The maximum atomic E-state index is 4.11. The predicted molar refractivity (Wildman–Crippen MR) is 81.9 cm³/mol. The Labute approximate surface area is 116 Å². The van der Waals surface area contributed by atoms with E-state index in [1.54, 1.807) is 6.33 Å². The Kier molecular flexibility index (Phi) is 2.39. The molecule has 0 aliphatic carbocycles. The van der Waals surface area contributed by atoms with Crippen LogP contribution in [0.5, 0.6) is 0 Å². The summed E-state index contributed by atoms with van der Waals surface area (Å²) in [7, 11) is 0. The topological polar surface area (TPSA) is 44.5 Å². The lowest BCUT2D eigenvalue weighted by Crippen LogP contribution is -1.95. The van der Waals surface area contributed by atoms with Crippen molar-refractivity contribution in [1.29, 1.82) is 0 Å². The van der Waals surface area contributed by atoms with Gasteiger partial charge < -0.3 is 9.97 Å². The molecule has 98 valence electrons. The molecule has 2 aromatic carbocycles. The smallest absolute Gasteiger partial charge is 0.0921 e. The second kappa shape index (κ2) is 4.23. The number of fused-ring (bicyclic) bond motifs is 3. The summed E-state index contributed by atoms with van der Waals surface area (Å²) in [6, 6.07) is 15.1. The van der Waals surface area contributed by atoms with Crippen molar-refractivity contribution in [3.63, 3.8) is 0 Å². The minimum Gasteiger partial charge on any atom is -0.355 e. The van der Waals surface area contributed by atoms with Gasteiger partial charge in [0.2, 0.25) is 0 Å². The molecule has 0 fully saturated rings. The summed E-state index contributed by atoms with van der Waals surface area (Å²) in [4.78, 5) is 10.8. The van der Waals surface area contributed by atoms with Crippen LogP contribution in [0.4, 0.5) is 0 Å². The Bertz CT molecular complexity index is 872. The standard InChI is InChI=1S/C17H15N3/c1-11(17-9-18-10-19-17)12-6-7-16-14(8-12)13-4-2-3-5-15(13)20-16/h2-11,20H,1H3,(H,18,19). The van der Waals surface area contributed by atoms with Gasteiger partial charge in [-0.25, -0.2) is 4.98 Å². The second-order valence-electron chi connectivity index (χ2n) is 5.20. The second-order valence-corrected chi connectivity index (χ2v) is 5.20. The number of hydrogen-bond donors (Lipinski definition) is 2. The first-order valence-corrected chi connectivity index (χ1v) is 6.81. The Hall–Kier alpha value is -2.55. The highest BCUT2D eigenvalue weighted by atomic mass is 14.9. The van der Waals surface area contributed by atoms with Crippen molar-refractivity contribution in [3.8, 4) is 0 Å². The van der Waals surface area contributed by atoms with Gasteiger partial charge in [-0.05, 0) is 23.8 Å². The lowest BCUT2D eigenvalue weighted by Gasteiger charge is -2.09. The van der Waals surface area contributed by atoms with E-state index in [0.29, 0.717) is 5.92 Å². The summed E-state index contributed by atoms with van der Waals surface area (Å²) in [5.41, 5.74) is 4.82. The number of aromatic nitrogens is 3. The summed E-state index contributed by atoms with van der Waals surface area (Å²) >= 11 is 0. The van der Waals surface area contributed by atoms with Crippen LogP contribution in [0.3, 0.4) is 0 Å². The fraction of sp³-hybridized carbons (Fsp3) is 0.118. The summed E-state index contributed by atoms with van der Waals surface area (Å²) in [5.74, 6) is 0.315. The lowest BCUT2D eigenvalue weighted by molar-refractivity contribution is 0.885. The van der Waals surface area contributed by atoms with Gasteiger partial charge in [-0.2, -0.15) is 0 Å². The van der Waals surface area contributed by atoms with Crippen molar-refractivity contribution in [3.05, 3.63) is 66.2 Å². The molecule has 2 aromatic heterocycles. The van der Waals surface area contributed by atoms with E-state index in [4.69, 9.17) is 0 Å². The van der Waals surface area contributed by atoms with Crippen LogP contribution in [0.15, 0.2) is 55.0 Å². The van der Waals surface area contributed by atoms with E-state index < -0.39 is 0 Å². The molecule has 1 unspecified atom stereocenters. The number of benzene rings is 2. The van der Waals surface area contributed by atoms with Crippen LogP contribution in [0.2, 0.25) is 0 Å². The first kappa shape index (κ1) is 11.3. The van der Waals surface area contributed by atoms with Crippen LogP contribution in [-0.2, 0) is 0 Å². The summed E-state index contributed by atoms with van der Waals surface area (Å²) < 4.78 is 0. The summed E-state index contributed by atoms with van der Waals surface area (Å²) in [6.45, 7) is 2.20. The van der Waals surface area contributed by atoms with E-state index in [2.05, 4.69) is 64.3 Å². The van der Waals surface area contributed by atoms with E-state index in [0.717, 1.165) is 5.69 Å². The summed E-state index contributed by atoms with van der Waals surface area (Å²) in [6.07, 6.45) is 3.63. The normalized spacial score (nSPS) is 13.1. The van der Waals surface area contributed by atoms with Crippen LogP contribution < -0.4 is 0 Å². The Morgan fingerprint density at radius 2 is 1.85 bits per heavy atom. The highest BCUT2D eigenvalue weighted by Crippen LogP contribution is 2.30. The van der Waals surface area contributed by atoms with E-state index in [1.165, 1.54) is 27.4 Å². The fourth-order valence-corrected chi connectivity index (χ4v) is 2.82. The van der Waals surface area contributed by atoms with Crippen molar-refractivity contribution in [2.24, 2.45) is 0 Å². The Balaban J connectivity index is 1.91. The molecule has 1 atom stereocenters. The molecule has 0 spiro atoms. The Morgan fingerprint density at radius 1 is 1.00 bits per heavy atom. The molecule has 0 radical (unpaired) electrons. The zero-order chi connectivity index (χ0) is 13.5. The Morgan fingerprint density at radius 3 is 2.70 bits per heavy atom. The van der Waals surface area contributed by atoms with E-state index >= 15 is 0 Å². The highest BCUT2D eigenvalue weighted by molar-refractivity contribution is 6.07. The number of hydrogen-bond acceptors (Lipinski definition) is 1. The molecule has 4 rings (SSSR count). The molecule has 20 heavy (non-hydrogen) atoms. The SMILES string of the molecule is CC(c1ccc2[nH]c3ccccc3c2c1)c1cnc[nH]1. The predicted octanol–water partition coefficient (Wildman–Crippen LogP) is 4.20. The first-order chi connectivity index (χ1) is 9.83. The fourth-order valence-electron chi connectivity index (χ4n) is 2.82. The largest absolute Gasteiger partial charge is 0.355 e. The third-order valence-corrected chi connectivity index (χ3v) is 4.02. The molecule has 0 amide bonds. The molecule has 2 N–H and O–H groups in total. The number of rotatable bonds is 2. The van der Waals surface area contributed by atoms with Crippen LogP contribution >= 0.6 is 0 Å². The average Bonchev–Trinajstić information content (AvgIpc) is 3.13. The van der Waals surface area contributed by atoms with Gasteiger partial charge in [-0.15, -0.1) is 0 Å². The van der Waals surface area contributed by atoms with Gasteiger partial charge in [-0.1, -0.05) is 31.2 Å². The quantitative estimate of drug-likeness (QED) is 0.558. The molecule has 0 saturated heterocycles. The molecule has 0 saturated carbocycles. The maximum Gasteiger partial charge on any atom is 0.0921 e. The van der Waals surface area contributed by atoms with Gasteiger partial charge in [0.05, 0.1) is 6.33 Å². The number of nitrogens with one attached hydrogen (secondary N) is 2. The molecule has 4 aromatic rings. The molecule has 0 aliphatic heterocycles. The van der Waals surface area contributed by atoms with Gasteiger partial charge in [0.15, 0.2) is 0 Å². The molecular weight excluding hydrogens is 246 g/mol. The van der Waals surface area contributed by atoms with Gasteiger partial charge in [0.1, 0.15) is 0 Å². The molecule has 0 bridgehead atoms. The molecular formula is C17H15N3. The number of aromatic amines is 2. The third-order valence-electron chi connectivity index (χ3n) is 4.02. The van der Waals surface area contributed by atoms with Crippen LogP contribution in [0, 0.1) is 0 Å². The average molecular weight is 261 g/mol. The number of imidazole rings is 1. The first-order valence-electron chi connectivity index (χ1n) is 6.81. The van der Waals surface area contributed by atoms with Crippen LogP contribution in [0.25, 0.3) is 21.8 Å². The highest BCUT2D eigenvalue weighted by Gasteiger charge is 2.11. The van der Waals surface area contributed by atoms with Crippen LogP contribution in [-0.4, -0.2) is 15.0 Å². The molecule has 3 heteroatoms. The molecule has 0 aliphatic rings. The zero-order valence-electron chi connectivity index (χ0n) is 11.2. The van der Waals surface area contributed by atoms with Crippen molar-refractivity contribution >= 4 is 21.8 Å². The van der Waals surface area contributed by atoms with Gasteiger partial charge in [-0.3, -0.25) is 0 Å². The lowest BCUT2D eigenvalue weighted by atomic mass is 9.96. The minimum absolute atomic E-state index is 0.315. The summed E-state index contributed by atoms with van der Waals surface area (Å²) in [5, 5.41) is 2.56. The van der Waals surface area contributed by atoms with Crippen molar-refractivity contribution in [2.45, 2.75) is 12.8 Å². The molecule has 2 heterocycles. The number of para-hydroxylation sites is 1. The van der Waals surface area contributed by atoms with E-state index in [1.807, 2.05) is 6.20 Å².